The molecule has 34 heavy (non-hydrogen) atoms. The van der Waals surface area contributed by atoms with Crippen LogP contribution in [-0.4, -0.2) is 34.6 Å². The summed E-state index contributed by atoms with van der Waals surface area (Å²) >= 11 is 0. The zero-order valence-electron chi connectivity index (χ0n) is 18.4. The Morgan fingerprint density at radius 2 is 1.65 bits per heavy atom. The Hall–Kier alpha value is -4.20. The van der Waals surface area contributed by atoms with Gasteiger partial charge in [-0.15, -0.1) is 0 Å². The third kappa shape index (κ3) is 5.06. The predicted molar refractivity (Wildman–Crippen MR) is 123 cm³/mol. The number of carboxylic acid groups (broad SMARTS) is 1. The third-order valence-corrected chi connectivity index (χ3v) is 5.27. The van der Waals surface area contributed by atoms with E-state index in [9.17, 15) is 13.6 Å². The first-order valence-electron chi connectivity index (χ1n) is 10.6. The molecule has 0 saturated carbocycles. The molecule has 3 aromatic carbocycles. The minimum absolute atomic E-state index is 0.111. The van der Waals surface area contributed by atoms with Gasteiger partial charge in [-0.2, -0.15) is 5.10 Å². The summed E-state index contributed by atoms with van der Waals surface area (Å²) in [6, 6.07) is 20.8. The second kappa shape index (κ2) is 10.2. The molecule has 0 spiro atoms. The average molecular weight is 464 g/mol. The molecule has 0 saturated heterocycles. The van der Waals surface area contributed by atoms with Crippen LogP contribution in [0.2, 0.25) is 0 Å². The van der Waals surface area contributed by atoms with Gasteiger partial charge in [0.15, 0.2) is 18.2 Å². The highest BCUT2D eigenvalue weighted by atomic mass is 19.2. The van der Waals surface area contributed by atoms with E-state index in [-0.39, 0.29) is 11.3 Å². The largest absolute Gasteiger partial charge is 0.496 e. The molecule has 1 heterocycles. The van der Waals surface area contributed by atoms with Gasteiger partial charge in [0.05, 0.1) is 18.5 Å². The van der Waals surface area contributed by atoms with E-state index in [1.807, 2.05) is 54.6 Å². The van der Waals surface area contributed by atoms with Gasteiger partial charge in [0.1, 0.15) is 11.5 Å². The molecular formula is C26H22F2N2O4. The molecule has 0 radical (unpaired) electrons. The maximum absolute atomic E-state index is 14.2. The molecule has 174 valence electrons. The Bertz CT molecular complexity index is 1310. The summed E-state index contributed by atoms with van der Waals surface area (Å²) in [5, 5.41) is 13.6. The van der Waals surface area contributed by atoms with Crippen LogP contribution in [0.15, 0.2) is 72.8 Å². The second-order valence-electron chi connectivity index (χ2n) is 7.52. The summed E-state index contributed by atoms with van der Waals surface area (Å²) in [5.74, 6) is -2.95. The zero-order chi connectivity index (χ0) is 24.1. The van der Waals surface area contributed by atoms with Crippen LogP contribution in [0.1, 0.15) is 5.56 Å². The highest BCUT2D eigenvalue weighted by molar-refractivity contribution is 5.76. The Morgan fingerprint density at radius 1 is 0.941 bits per heavy atom. The number of aryl methyl sites for hydroxylation is 2. The molecule has 0 aliphatic heterocycles. The van der Waals surface area contributed by atoms with Gasteiger partial charge >= 0.3 is 5.97 Å². The smallest absolute Gasteiger partial charge is 0.341 e. The highest BCUT2D eigenvalue weighted by Gasteiger charge is 2.20. The van der Waals surface area contributed by atoms with E-state index in [4.69, 9.17) is 14.6 Å². The number of rotatable bonds is 9. The minimum atomic E-state index is -1.24. The van der Waals surface area contributed by atoms with Gasteiger partial charge in [0.2, 0.25) is 0 Å². The molecule has 4 aromatic rings. The lowest BCUT2D eigenvalue weighted by Gasteiger charge is -2.11. The SMILES string of the molecule is COc1ccccc1-c1cc(-c2cc(F)c(F)cc2OCC(=O)O)nn1CCc1ccccc1. The van der Waals surface area contributed by atoms with Crippen molar-refractivity contribution in [3.63, 3.8) is 0 Å². The van der Waals surface area contributed by atoms with Crippen LogP contribution in [0, 0.1) is 11.6 Å². The molecule has 0 amide bonds. The predicted octanol–water partition coefficient (Wildman–Crippen LogP) is 5.21. The summed E-state index contributed by atoms with van der Waals surface area (Å²) in [7, 11) is 1.57. The molecule has 0 fully saturated rings. The number of methoxy groups -OCH3 is 1. The zero-order valence-corrected chi connectivity index (χ0v) is 18.4. The van der Waals surface area contributed by atoms with Crippen molar-refractivity contribution in [1.82, 2.24) is 9.78 Å². The quantitative estimate of drug-likeness (QED) is 0.368. The van der Waals surface area contributed by atoms with Gasteiger partial charge in [-0.05, 0) is 36.2 Å². The third-order valence-electron chi connectivity index (χ3n) is 5.27. The Labute approximate surface area is 195 Å². The number of carbonyl (C=O) groups is 1. The highest BCUT2D eigenvalue weighted by Crippen LogP contribution is 2.36. The first-order chi connectivity index (χ1) is 16.5. The average Bonchev–Trinajstić information content (AvgIpc) is 3.27. The van der Waals surface area contributed by atoms with Gasteiger partial charge in [0, 0.05) is 23.7 Å². The van der Waals surface area contributed by atoms with Crippen LogP contribution in [0.3, 0.4) is 0 Å². The van der Waals surface area contributed by atoms with E-state index in [0.717, 1.165) is 23.3 Å². The van der Waals surface area contributed by atoms with Crippen molar-refractivity contribution < 1.29 is 28.2 Å². The van der Waals surface area contributed by atoms with E-state index in [1.54, 1.807) is 17.9 Å². The Balaban J connectivity index is 1.80. The summed E-state index contributed by atoms with van der Waals surface area (Å²) < 4.78 is 40.6. The molecule has 1 aromatic heterocycles. The summed E-state index contributed by atoms with van der Waals surface area (Å²) in [6.07, 6.45) is 0.685. The van der Waals surface area contributed by atoms with Crippen molar-refractivity contribution in [1.29, 1.82) is 0 Å². The fourth-order valence-corrected chi connectivity index (χ4v) is 3.66. The van der Waals surface area contributed by atoms with Crippen molar-refractivity contribution in [2.75, 3.05) is 13.7 Å². The topological polar surface area (TPSA) is 73.6 Å². The van der Waals surface area contributed by atoms with Crippen LogP contribution >= 0.6 is 0 Å². The molecule has 8 heteroatoms. The van der Waals surface area contributed by atoms with Crippen molar-refractivity contribution in [3.8, 4) is 34.0 Å². The molecule has 0 unspecified atom stereocenters. The monoisotopic (exact) mass is 464 g/mol. The first kappa shape index (κ1) is 23.0. The number of carboxylic acids is 1. The van der Waals surface area contributed by atoms with Crippen molar-refractivity contribution in [2.24, 2.45) is 0 Å². The summed E-state index contributed by atoms with van der Waals surface area (Å²) in [6.45, 7) is -0.196. The van der Waals surface area contributed by atoms with Gasteiger partial charge in [-0.1, -0.05) is 42.5 Å². The van der Waals surface area contributed by atoms with E-state index in [1.165, 1.54) is 0 Å². The minimum Gasteiger partial charge on any atom is -0.496 e. The van der Waals surface area contributed by atoms with E-state index < -0.39 is 24.2 Å². The number of nitrogens with zero attached hydrogens (tertiary/aromatic N) is 2. The van der Waals surface area contributed by atoms with Gasteiger partial charge < -0.3 is 14.6 Å². The van der Waals surface area contributed by atoms with Crippen LogP contribution < -0.4 is 9.47 Å². The molecule has 0 atom stereocenters. The summed E-state index contributed by atoms with van der Waals surface area (Å²) in [4.78, 5) is 11.0. The number of aliphatic carboxylic acids is 1. The maximum atomic E-state index is 14.2. The number of hydrogen-bond acceptors (Lipinski definition) is 4. The van der Waals surface area contributed by atoms with E-state index >= 15 is 0 Å². The number of benzene rings is 3. The Kier molecular flexibility index (Phi) is 6.87. The van der Waals surface area contributed by atoms with Crippen LogP contribution in [-0.2, 0) is 17.8 Å². The molecular weight excluding hydrogens is 442 g/mol. The van der Waals surface area contributed by atoms with Crippen molar-refractivity contribution in [2.45, 2.75) is 13.0 Å². The second-order valence-corrected chi connectivity index (χ2v) is 7.52. The number of para-hydroxylation sites is 1. The van der Waals surface area contributed by atoms with Gasteiger partial charge in [-0.3, -0.25) is 4.68 Å². The van der Waals surface area contributed by atoms with Crippen LogP contribution in [0.4, 0.5) is 8.78 Å². The van der Waals surface area contributed by atoms with E-state index in [0.29, 0.717) is 30.1 Å². The van der Waals surface area contributed by atoms with Crippen molar-refractivity contribution >= 4 is 5.97 Å². The fourth-order valence-electron chi connectivity index (χ4n) is 3.66. The maximum Gasteiger partial charge on any atom is 0.341 e. The number of halogens is 2. The molecule has 4 rings (SSSR count). The lowest BCUT2D eigenvalue weighted by molar-refractivity contribution is -0.139. The number of hydrogen-bond donors (Lipinski definition) is 1. The lowest BCUT2D eigenvalue weighted by Crippen LogP contribution is -2.10. The van der Waals surface area contributed by atoms with Gasteiger partial charge in [0.25, 0.3) is 0 Å². The molecule has 1 N–H and O–H groups in total. The Morgan fingerprint density at radius 3 is 2.38 bits per heavy atom. The molecule has 0 aliphatic carbocycles. The lowest BCUT2D eigenvalue weighted by atomic mass is 10.1. The van der Waals surface area contributed by atoms with E-state index in [2.05, 4.69) is 5.10 Å². The molecule has 0 aliphatic rings. The van der Waals surface area contributed by atoms with Crippen molar-refractivity contribution in [3.05, 3.63) is 90.0 Å². The van der Waals surface area contributed by atoms with Crippen LogP contribution in [0.25, 0.3) is 22.5 Å². The molecule has 0 bridgehead atoms. The fraction of sp³-hybridized carbons (Fsp3) is 0.154. The normalized spacial score (nSPS) is 10.8. The summed E-state index contributed by atoms with van der Waals surface area (Å²) in [5.41, 5.74) is 3.05. The molecule has 6 nitrogen and oxygen atoms in total. The number of aromatic nitrogens is 2. The standard InChI is InChI=1S/C26H22F2N2O4/c1-33-24-10-6-5-9-18(24)23-15-22(29-30(23)12-11-17-7-3-2-4-8-17)19-13-20(27)21(28)14-25(19)34-16-26(31)32/h2-10,13-15H,11-12,16H2,1H3,(H,31,32). The van der Waals surface area contributed by atoms with Gasteiger partial charge in [-0.25, -0.2) is 13.6 Å². The van der Waals surface area contributed by atoms with Crippen LogP contribution in [0.5, 0.6) is 11.5 Å². The first-order valence-corrected chi connectivity index (χ1v) is 10.6. The number of ether oxygens (including phenoxy) is 2.